The lowest BCUT2D eigenvalue weighted by Gasteiger charge is -2.28. The Balaban J connectivity index is 1.46. The van der Waals surface area contributed by atoms with Crippen LogP contribution in [0.3, 0.4) is 0 Å². The molecule has 0 aromatic carbocycles. The number of hydrogen-bond donors (Lipinski definition) is 1. The largest absolute Gasteiger partial charge is 0.419 e. The summed E-state index contributed by atoms with van der Waals surface area (Å²) >= 11 is 0. The lowest BCUT2D eigenvalue weighted by Crippen LogP contribution is -2.28. The lowest BCUT2D eigenvalue weighted by atomic mass is 9.85. The van der Waals surface area contributed by atoms with Crippen molar-refractivity contribution < 1.29 is 26.7 Å². The number of fused-ring (bicyclic) bond motifs is 1. The minimum absolute atomic E-state index is 0.00985. The molecule has 160 valence electrons. The summed E-state index contributed by atoms with van der Waals surface area (Å²) in [6.07, 6.45) is 1.60. The number of nitrogens with zero attached hydrogens (tertiary/aromatic N) is 6. The Hall–Kier alpha value is -3.12. The van der Waals surface area contributed by atoms with E-state index in [0.29, 0.717) is 12.2 Å². The molecule has 1 aliphatic rings. The van der Waals surface area contributed by atoms with Crippen LogP contribution in [0.2, 0.25) is 0 Å². The molecule has 3 heterocycles. The van der Waals surface area contributed by atoms with E-state index in [9.17, 15) is 22.0 Å². The minimum atomic E-state index is -4.49. The molecule has 4 rings (SSSR count). The highest BCUT2D eigenvalue weighted by Gasteiger charge is 2.32. The van der Waals surface area contributed by atoms with E-state index >= 15 is 0 Å². The van der Waals surface area contributed by atoms with Crippen LogP contribution >= 0.6 is 0 Å². The van der Waals surface area contributed by atoms with Crippen LogP contribution in [-0.4, -0.2) is 42.2 Å². The van der Waals surface area contributed by atoms with E-state index in [2.05, 4.69) is 35.2 Å². The molecule has 0 spiro atoms. The smallest absolute Gasteiger partial charge is 0.417 e. The first-order chi connectivity index (χ1) is 14.3. The highest BCUT2D eigenvalue weighted by atomic mass is 19.4. The highest BCUT2D eigenvalue weighted by molar-refractivity contribution is 5.33. The van der Waals surface area contributed by atoms with Crippen LogP contribution in [0.5, 0.6) is 5.88 Å². The molecule has 0 radical (unpaired) electrons. The van der Waals surface area contributed by atoms with Crippen LogP contribution < -0.4 is 10.1 Å². The number of nitrogens with one attached hydrogen (secondary N) is 1. The Morgan fingerprint density at radius 3 is 2.60 bits per heavy atom. The second-order valence-corrected chi connectivity index (χ2v) is 6.87. The quantitative estimate of drug-likeness (QED) is 0.619. The van der Waals surface area contributed by atoms with E-state index in [4.69, 9.17) is 0 Å². The normalized spacial score (nSPS) is 19.9. The van der Waals surface area contributed by atoms with Crippen molar-refractivity contribution in [1.29, 1.82) is 0 Å². The van der Waals surface area contributed by atoms with Crippen LogP contribution in [-0.2, 0) is 6.18 Å². The second-order valence-electron chi connectivity index (χ2n) is 6.87. The SMILES string of the molecule is FC(F)Oc1ccn2c([C@H]3CCC[C@@H](Nc4ncc(C(F)(F)F)cn4)C3)nnc2n1. The summed E-state index contributed by atoms with van der Waals surface area (Å²) in [5.74, 6) is 0.629. The molecule has 0 saturated heterocycles. The number of aromatic nitrogens is 6. The second kappa shape index (κ2) is 7.95. The van der Waals surface area contributed by atoms with E-state index in [0.717, 1.165) is 31.7 Å². The first-order valence-corrected chi connectivity index (χ1v) is 9.12. The standard InChI is InChI=1S/C17H16F5N7O/c18-14(19)30-12-4-5-29-13(27-28-16(29)26-12)9-2-1-3-11(6-9)25-15-23-7-10(8-24-15)17(20,21)22/h4-5,7-9,11,14H,1-3,6H2,(H,23,24,25)/t9-,11+/m0/s1. The number of hydrogen-bond acceptors (Lipinski definition) is 7. The van der Waals surface area contributed by atoms with Gasteiger partial charge in [-0.05, 0) is 19.3 Å². The van der Waals surface area contributed by atoms with E-state index in [1.165, 1.54) is 12.3 Å². The van der Waals surface area contributed by atoms with Crippen molar-refractivity contribution in [2.75, 3.05) is 5.32 Å². The maximum Gasteiger partial charge on any atom is 0.419 e. The summed E-state index contributed by atoms with van der Waals surface area (Å²) in [7, 11) is 0. The Labute approximate surface area is 166 Å². The number of rotatable bonds is 5. The number of alkyl halides is 5. The van der Waals surface area contributed by atoms with Crippen molar-refractivity contribution in [1.82, 2.24) is 29.5 Å². The van der Waals surface area contributed by atoms with Crippen LogP contribution in [0.15, 0.2) is 24.7 Å². The summed E-state index contributed by atoms with van der Waals surface area (Å²) in [5, 5.41) is 11.1. The van der Waals surface area contributed by atoms with Crippen molar-refractivity contribution in [3.05, 3.63) is 36.0 Å². The summed E-state index contributed by atoms with van der Waals surface area (Å²) in [5.41, 5.74) is -0.910. The van der Waals surface area contributed by atoms with Crippen molar-refractivity contribution in [2.45, 2.75) is 50.4 Å². The minimum Gasteiger partial charge on any atom is -0.417 e. The van der Waals surface area contributed by atoms with Gasteiger partial charge in [0.05, 0.1) is 5.56 Å². The fourth-order valence-electron chi connectivity index (χ4n) is 3.51. The molecule has 1 fully saturated rings. The topological polar surface area (TPSA) is 90.1 Å². The Morgan fingerprint density at radius 2 is 1.90 bits per heavy atom. The molecule has 0 aliphatic heterocycles. The first kappa shape index (κ1) is 20.2. The van der Waals surface area contributed by atoms with Crippen molar-refractivity contribution in [3.63, 3.8) is 0 Å². The van der Waals surface area contributed by atoms with Gasteiger partial charge in [0.15, 0.2) is 0 Å². The van der Waals surface area contributed by atoms with Crippen LogP contribution in [0, 0.1) is 0 Å². The van der Waals surface area contributed by atoms with Gasteiger partial charge in [0.2, 0.25) is 11.8 Å². The van der Waals surface area contributed by atoms with Gasteiger partial charge in [0.25, 0.3) is 5.78 Å². The molecule has 1 saturated carbocycles. The molecule has 1 N–H and O–H groups in total. The summed E-state index contributed by atoms with van der Waals surface area (Å²) in [6, 6.07) is 1.24. The average Bonchev–Trinajstić information content (AvgIpc) is 3.11. The molecule has 3 aromatic rings. The Bertz CT molecular complexity index is 1010. The summed E-state index contributed by atoms with van der Waals surface area (Å²) in [4.78, 5) is 11.4. The molecule has 0 bridgehead atoms. The zero-order valence-corrected chi connectivity index (χ0v) is 15.4. The molecule has 1 aliphatic carbocycles. The maximum atomic E-state index is 12.6. The van der Waals surface area contributed by atoms with E-state index < -0.39 is 18.4 Å². The van der Waals surface area contributed by atoms with Gasteiger partial charge in [-0.25, -0.2) is 9.97 Å². The van der Waals surface area contributed by atoms with E-state index in [1.54, 1.807) is 4.40 Å². The van der Waals surface area contributed by atoms with Gasteiger partial charge in [-0.3, -0.25) is 4.40 Å². The molecule has 2 atom stereocenters. The number of halogens is 5. The third kappa shape index (κ3) is 4.39. The zero-order valence-electron chi connectivity index (χ0n) is 15.4. The van der Waals surface area contributed by atoms with Crippen LogP contribution in [0.25, 0.3) is 5.78 Å². The van der Waals surface area contributed by atoms with Crippen molar-refractivity contribution >= 4 is 11.7 Å². The fourth-order valence-corrected chi connectivity index (χ4v) is 3.51. The Morgan fingerprint density at radius 1 is 1.13 bits per heavy atom. The van der Waals surface area contributed by atoms with Gasteiger partial charge in [-0.2, -0.15) is 26.9 Å². The van der Waals surface area contributed by atoms with E-state index in [1.807, 2.05) is 0 Å². The van der Waals surface area contributed by atoms with Gasteiger partial charge in [-0.15, -0.1) is 10.2 Å². The summed E-state index contributed by atoms with van der Waals surface area (Å²) < 4.78 is 68.5. The molecule has 0 amide bonds. The monoisotopic (exact) mass is 429 g/mol. The van der Waals surface area contributed by atoms with Crippen LogP contribution in [0.1, 0.15) is 43.0 Å². The van der Waals surface area contributed by atoms with Gasteiger partial charge >= 0.3 is 12.8 Å². The lowest BCUT2D eigenvalue weighted by molar-refractivity contribution is -0.138. The molecule has 8 nitrogen and oxygen atoms in total. The predicted molar refractivity (Wildman–Crippen MR) is 93.1 cm³/mol. The molecular formula is C17H16F5N7O. The molecule has 13 heteroatoms. The van der Waals surface area contributed by atoms with Gasteiger partial charge < -0.3 is 10.1 Å². The molecular weight excluding hydrogens is 413 g/mol. The third-order valence-corrected chi connectivity index (χ3v) is 4.84. The number of anilines is 1. The highest BCUT2D eigenvalue weighted by Crippen LogP contribution is 2.33. The first-order valence-electron chi connectivity index (χ1n) is 9.12. The zero-order chi connectivity index (χ0) is 21.3. The van der Waals surface area contributed by atoms with Crippen molar-refractivity contribution in [2.24, 2.45) is 0 Å². The van der Waals surface area contributed by atoms with Gasteiger partial charge in [0.1, 0.15) is 5.82 Å². The predicted octanol–water partition coefficient (Wildman–Crippen LogP) is 3.67. The Kier molecular flexibility index (Phi) is 5.35. The maximum absolute atomic E-state index is 12.6. The van der Waals surface area contributed by atoms with Gasteiger partial charge in [-0.1, -0.05) is 6.42 Å². The van der Waals surface area contributed by atoms with Crippen LogP contribution in [0.4, 0.5) is 27.9 Å². The average molecular weight is 429 g/mol. The molecule has 0 unspecified atom stereocenters. The third-order valence-electron chi connectivity index (χ3n) is 4.84. The van der Waals surface area contributed by atoms with Gasteiger partial charge in [0, 0.05) is 36.6 Å². The fraction of sp³-hybridized carbons (Fsp3) is 0.471. The molecule has 30 heavy (non-hydrogen) atoms. The number of ether oxygens (including phenoxy) is 1. The van der Waals surface area contributed by atoms with E-state index in [-0.39, 0.29) is 29.6 Å². The molecule has 3 aromatic heterocycles. The summed E-state index contributed by atoms with van der Waals surface area (Å²) in [6.45, 7) is -2.99. The van der Waals surface area contributed by atoms with Crippen molar-refractivity contribution in [3.8, 4) is 5.88 Å².